The third-order valence-corrected chi connectivity index (χ3v) is 4.19. The lowest BCUT2D eigenvalue weighted by atomic mass is 10.1. The summed E-state index contributed by atoms with van der Waals surface area (Å²) in [6, 6.07) is 14.3. The van der Waals surface area contributed by atoms with Crippen LogP contribution in [-0.4, -0.2) is 9.55 Å². The molecule has 20 heavy (non-hydrogen) atoms. The Bertz CT molecular complexity index is 832. The second-order valence-corrected chi connectivity index (χ2v) is 5.83. The van der Waals surface area contributed by atoms with E-state index in [-0.39, 0.29) is 6.04 Å². The lowest BCUT2D eigenvalue weighted by molar-refractivity contribution is 0.648. The maximum absolute atomic E-state index is 6.10. The summed E-state index contributed by atoms with van der Waals surface area (Å²) < 4.78 is 2.90. The minimum Gasteiger partial charge on any atom is -0.331 e. The molecule has 1 heterocycles. The van der Waals surface area contributed by atoms with Crippen molar-refractivity contribution in [3.63, 3.8) is 0 Å². The van der Waals surface area contributed by atoms with Gasteiger partial charge in [0.15, 0.2) is 4.77 Å². The molecule has 102 valence electrons. The van der Waals surface area contributed by atoms with E-state index >= 15 is 0 Å². The van der Waals surface area contributed by atoms with Crippen molar-refractivity contribution in [2.24, 2.45) is 0 Å². The number of hydrogen-bond acceptors (Lipinski definition) is 1. The Morgan fingerprint density at radius 3 is 2.70 bits per heavy atom. The highest BCUT2D eigenvalue weighted by atomic mass is 35.5. The SMILES string of the molecule is Cc1cccc2[nH]c(=S)n(C(C)c3cccc(Cl)c3)c12. The van der Waals surface area contributed by atoms with E-state index in [0.29, 0.717) is 0 Å². The molecule has 1 N–H and O–H groups in total. The van der Waals surface area contributed by atoms with E-state index in [2.05, 4.69) is 41.6 Å². The van der Waals surface area contributed by atoms with Crippen LogP contribution in [-0.2, 0) is 0 Å². The second-order valence-electron chi connectivity index (χ2n) is 5.00. The van der Waals surface area contributed by atoms with Gasteiger partial charge in [0.2, 0.25) is 0 Å². The van der Waals surface area contributed by atoms with Crippen LogP contribution in [0.3, 0.4) is 0 Å². The molecule has 0 aliphatic heterocycles. The number of benzene rings is 2. The van der Waals surface area contributed by atoms with Crippen LogP contribution in [0.5, 0.6) is 0 Å². The Labute approximate surface area is 128 Å². The van der Waals surface area contributed by atoms with Crippen molar-refractivity contribution in [2.45, 2.75) is 19.9 Å². The van der Waals surface area contributed by atoms with Gasteiger partial charge in [-0.05, 0) is 55.4 Å². The highest BCUT2D eigenvalue weighted by Gasteiger charge is 2.14. The van der Waals surface area contributed by atoms with Crippen LogP contribution in [0.4, 0.5) is 0 Å². The van der Waals surface area contributed by atoms with Gasteiger partial charge in [-0.3, -0.25) is 0 Å². The molecule has 0 aliphatic carbocycles. The van der Waals surface area contributed by atoms with E-state index in [0.717, 1.165) is 26.4 Å². The summed E-state index contributed by atoms with van der Waals surface area (Å²) in [4.78, 5) is 3.28. The van der Waals surface area contributed by atoms with Gasteiger partial charge < -0.3 is 9.55 Å². The van der Waals surface area contributed by atoms with E-state index in [9.17, 15) is 0 Å². The topological polar surface area (TPSA) is 20.7 Å². The predicted molar refractivity (Wildman–Crippen MR) is 87.1 cm³/mol. The zero-order valence-corrected chi connectivity index (χ0v) is 12.9. The van der Waals surface area contributed by atoms with Crippen LogP contribution in [0.15, 0.2) is 42.5 Å². The van der Waals surface area contributed by atoms with Gasteiger partial charge in [0.25, 0.3) is 0 Å². The van der Waals surface area contributed by atoms with E-state index in [1.54, 1.807) is 0 Å². The number of aromatic nitrogens is 2. The molecule has 0 saturated heterocycles. The van der Waals surface area contributed by atoms with Gasteiger partial charge in [0.05, 0.1) is 17.1 Å². The number of aromatic amines is 1. The third kappa shape index (κ3) is 2.17. The number of nitrogens with zero attached hydrogens (tertiary/aromatic N) is 1. The number of imidazole rings is 1. The molecule has 1 aromatic heterocycles. The van der Waals surface area contributed by atoms with Crippen LogP contribution in [0.1, 0.15) is 24.1 Å². The van der Waals surface area contributed by atoms with Crippen molar-refractivity contribution in [2.75, 3.05) is 0 Å². The summed E-state index contributed by atoms with van der Waals surface area (Å²) in [5, 5.41) is 0.748. The van der Waals surface area contributed by atoms with Gasteiger partial charge in [-0.25, -0.2) is 0 Å². The second kappa shape index (κ2) is 5.08. The van der Waals surface area contributed by atoms with Crippen LogP contribution in [0.2, 0.25) is 5.02 Å². The number of fused-ring (bicyclic) bond motifs is 1. The minimum atomic E-state index is 0.135. The Morgan fingerprint density at radius 1 is 1.20 bits per heavy atom. The average Bonchev–Trinajstić information content (AvgIpc) is 2.75. The third-order valence-electron chi connectivity index (χ3n) is 3.66. The lowest BCUT2D eigenvalue weighted by Gasteiger charge is -2.16. The molecule has 1 atom stereocenters. The first-order valence-electron chi connectivity index (χ1n) is 6.53. The average molecular weight is 303 g/mol. The van der Waals surface area contributed by atoms with E-state index < -0.39 is 0 Å². The lowest BCUT2D eigenvalue weighted by Crippen LogP contribution is -2.07. The molecule has 1 unspecified atom stereocenters. The molecule has 0 amide bonds. The number of nitrogens with one attached hydrogen (secondary N) is 1. The maximum atomic E-state index is 6.10. The molecule has 0 aliphatic rings. The smallest absolute Gasteiger partial charge is 0.178 e. The zero-order valence-electron chi connectivity index (χ0n) is 11.4. The van der Waals surface area contributed by atoms with Gasteiger partial charge in [-0.1, -0.05) is 35.9 Å². The first-order chi connectivity index (χ1) is 9.58. The van der Waals surface area contributed by atoms with Crippen molar-refractivity contribution in [3.05, 3.63) is 63.4 Å². The van der Waals surface area contributed by atoms with Crippen LogP contribution in [0.25, 0.3) is 11.0 Å². The molecule has 2 nitrogen and oxygen atoms in total. The summed E-state index contributed by atoms with van der Waals surface area (Å²) in [6.07, 6.45) is 0. The molecule has 2 aromatic carbocycles. The molecule has 0 bridgehead atoms. The molecule has 0 saturated carbocycles. The molecule has 3 rings (SSSR count). The molecule has 0 spiro atoms. The predicted octanol–water partition coefficient (Wildman–Crippen LogP) is 5.27. The zero-order chi connectivity index (χ0) is 14.3. The maximum Gasteiger partial charge on any atom is 0.178 e. The van der Waals surface area contributed by atoms with E-state index in [4.69, 9.17) is 23.8 Å². The minimum absolute atomic E-state index is 0.135. The van der Waals surface area contributed by atoms with Gasteiger partial charge in [0, 0.05) is 5.02 Å². The first-order valence-corrected chi connectivity index (χ1v) is 7.32. The molecule has 3 aromatic rings. The fraction of sp³-hybridized carbons (Fsp3) is 0.188. The highest BCUT2D eigenvalue weighted by molar-refractivity contribution is 7.71. The Hall–Kier alpha value is -1.58. The number of para-hydroxylation sites is 1. The van der Waals surface area contributed by atoms with Gasteiger partial charge in [-0.2, -0.15) is 0 Å². The summed E-state index contributed by atoms with van der Waals surface area (Å²) in [5.74, 6) is 0. The van der Waals surface area contributed by atoms with E-state index in [1.165, 1.54) is 5.56 Å². The van der Waals surface area contributed by atoms with E-state index in [1.807, 2.05) is 24.3 Å². The fourth-order valence-electron chi connectivity index (χ4n) is 2.64. The quantitative estimate of drug-likeness (QED) is 0.640. The Balaban J connectivity index is 2.24. The Morgan fingerprint density at radius 2 is 1.95 bits per heavy atom. The molecule has 4 heteroatoms. The Kier molecular flexibility index (Phi) is 3.40. The number of H-pyrrole nitrogens is 1. The van der Waals surface area contributed by atoms with Gasteiger partial charge in [0.1, 0.15) is 0 Å². The normalized spacial score (nSPS) is 12.8. The summed E-state index contributed by atoms with van der Waals surface area (Å²) >= 11 is 11.6. The standard InChI is InChI=1S/C16H15ClN2S/c1-10-5-3-8-14-15(10)19(16(20)18-14)11(2)12-6-4-7-13(17)9-12/h3-9,11H,1-2H3,(H,18,20). The number of rotatable bonds is 2. The van der Waals surface area contributed by atoms with Crippen LogP contribution < -0.4 is 0 Å². The van der Waals surface area contributed by atoms with Crippen molar-refractivity contribution < 1.29 is 0 Å². The van der Waals surface area contributed by atoms with Gasteiger partial charge >= 0.3 is 0 Å². The molecule has 0 fully saturated rings. The highest BCUT2D eigenvalue weighted by Crippen LogP contribution is 2.27. The number of halogens is 1. The van der Waals surface area contributed by atoms with Gasteiger partial charge in [-0.15, -0.1) is 0 Å². The molecular weight excluding hydrogens is 288 g/mol. The van der Waals surface area contributed by atoms with Crippen molar-refractivity contribution in [1.29, 1.82) is 0 Å². The van der Waals surface area contributed by atoms with Crippen molar-refractivity contribution in [1.82, 2.24) is 9.55 Å². The first kappa shape index (κ1) is 13.4. The summed E-state index contributed by atoms with van der Waals surface area (Å²) in [5.41, 5.74) is 4.59. The van der Waals surface area contributed by atoms with Crippen molar-refractivity contribution >= 4 is 34.9 Å². The summed E-state index contributed by atoms with van der Waals surface area (Å²) in [6.45, 7) is 4.24. The van der Waals surface area contributed by atoms with Crippen LogP contribution in [0, 0.1) is 11.7 Å². The number of aryl methyl sites for hydroxylation is 1. The largest absolute Gasteiger partial charge is 0.331 e. The summed E-state index contributed by atoms with van der Waals surface area (Å²) in [7, 11) is 0. The van der Waals surface area contributed by atoms with Crippen molar-refractivity contribution in [3.8, 4) is 0 Å². The fourth-order valence-corrected chi connectivity index (χ4v) is 3.20. The number of hydrogen-bond donors (Lipinski definition) is 1. The monoisotopic (exact) mass is 302 g/mol. The van der Waals surface area contributed by atoms with Crippen LogP contribution >= 0.6 is 23.8 Å². The molecule has 0 radical (unpaired) electrons. The molecular formula is C16H15ClN2S.